The van der Waals surface area contributed by atoms with E-state index < -0.39 is 0 Å². The van der Waals surface area contributed by atoms with E-state index in [1.165, 1.54) is 18.4 Å². The van der Waals surface area contributed by atoms with E-state index in [1.807, 2.05) is 16.7 Å². The number of anilines is 1. The minimum atomic E-state index is 0.467. The van der Waals surface area contributed by atoms with Gasteiger partial charge in [-0.05, 0) is 24.1 Å². The van der Waals surface area contributed by atoms with Gasteiger partial charge in [-0.3, -0.25) is 0 Å². The summed E-state index contributed by atoms with van der Waals surface area (Å²) in [6, 6.07) is 8.22. The number of halogens is 1. The van der Waals surface area contributed by atoms with Crippen LogP contribution in [0.15, 0.2) is 35.1 Å². The highest BCUT2D eigenvalue weighted by molar-refractivity contribution is 9.10. The summed E-state index contributed by atoms with van der Waals surface area (Å²) >= 11 is 3.50. The van der Waals surface area contributed by atoms with E-state index in [2.05, 4.69) is 49.9 Å². The molecule has 0 saturated heterocycles. The monoisotopic (exact) mass is 373 g/mol. The summed E-state index contributed by atoms with van der Waals surface area (Å²) in [6.07, 6.45) is 6.08. The summed E-state index contributed by atoms with van der Waals surface area (Å²) in [5.41, 5.74) is 8.73. The van der Waals surface area contributed by atoms with E-state index in [-0.39, 0.29) is 0 Å². The zero-order valence-corrected chi connectivity index (χ0v) is 14.8. The first-order valence-corrected chi connectivity index (χ1v) is 8.68. The average molecular weight is 374 g/mol. The third-order valence-corrected chi connectivity index (χ3v) is 4.28. The summed E-state index contributed by atoms with van der Waals surface area (Å²) in [6.45, 7) is 2.90. The van der Waals surface area contributed by atoms with Crippen LogP contribution in [0.25, 0.3) is 11.2 Å². The van der Waals surface area contributed by atoms with Crippen LogP contribution < -0.4 is 5.73 Å². The van der Waals surface area contributed by atoms with E-state index in [9.17, 15) is 0 Å². The molecular formula is C17H20BrN5. The second kappa shape index (κ2) is 7.08. The fourth-order valence-corrected chi connectivity index (χ4v) is 3.05. The van der Waals surface area contributed by atoms with Crippen LogP contribution in [-0.4, -0.2) is 19.5 Å². The molecule has 120 valence electrons. The number of rotatable bonds is 6. The number of fused-ring (bicyclic) bond motifs is 1. The molecule has 0 aliphatic rings. The Hall–Kier alpha value is -1.95. The van der Waals surface area contributed by atoms with Gasteiger partial charge in [0.05, 0.1) is 12.9 Å². The van der Waals surface area contributed by atoms with Crippen LogP contribution in [0.5, 0.6) is 0 Å². The first-order valence-electron chi connectivity index (χ1n) is 7.89. The third kappa shape index (κ3) is 3.69. The molecule has 0 bridgehead atoms. The van der Waals surface area contributed by atoms with Gasteiger partial charge in [0.2, 0.25) is 0 Å². The van der Waals surface area contributed by atoms with Crippen molar-refractivity contribution in [1.29, 1.82) is 0 Å². The molecule has 0 atom stereocenters. The van der Waals surface area contributed by atoms with Crippen molar-refractivity contribution in [2.45, 2.75) is 39.2 Å². The lowest BCUT2D eigenvalue weighted by Crippen LogP contribution is -2.05. The fourth-order valence-electron chi connectivity index (χ4n) is 2.61. The number of unbranched alkanes of at least 4 members (excludes halogenated alkanes) is 2. The second-order valence-corrected chi connectivity index (χ2v) is 6.57. The van der Waals surface area contributed by atoms with Gasteiger partial charge in [-0.1, -0.05) is 47.8 Å². The number of aromatic nitrogens is 4. The Morgan fingerprint density at radius 3 is 2.87 bits per heavy atom. The van der Waals surface area contributed by atoms with Crippen LogP contribution in [0.1, 0.15) is 37.6 Å². The molecule has 0 aliphatic heterocycles. The Bertz CT molecular complexity index is 812. The van der Waals surface area contributed by atoms with Crippen LogP contribution in [0.2, 0.25) is 0 Å². The normalized spacial score (nSPS) is 11.2. The number of nitrogen functional groups attached to an aromatic ring is 1. The Labute approximate surface area is 144 Å². The highest BCUT2D eigenvalue weighted by Gasteiger charge is 2.11. The van der Waals surface area contributed by atoms with Crippen molar-refractivity contribution in [2.24, 2.45) is 0 Å². The largest absolute Gasteiger partial charge is 0.382 e. The zero-order valence-electron chi connectivity index (χ0n) is 13.2. The second-order valence-electron chi connectivity index (χ2n) is 5.66. The quantitative estimate of drug-likeness (QED) is 0.664. The molecule has 0 radical (unpaired) electrons. The molecule has 2 aromatic heterocycles. The molecule has 23 heavy (non-hydrogen) atoms. The third-order valence-electron chi connectivity index (χ3n) is 3.78. The average Bonchev–Trinajstić information content (AvgIpc) is 2.91. The SMILES string of the molecule is CCCCCc1nc(N)c2ncn(Cc3cccc(Br)c3)c2n1. The van der Waals surface area contributed by atoms with E-state index >= 15 is 0 Å². The van der Waals surface area contributed by atoms with Gasteiger partial charge in [-0.25, -0.2) is 15.0 Å². The lowest BCUT2D eigenvalue weighted by Gasteiger charge is -2.06. The zero-order chi connectivity index (χ0) is 16.2. The Kier molecular flexibility index (Phi) is 4.91. The summed E-state index contributed by atoms with van der Waals surface area (Å²) in [7, 11) is 0. The van der Waals surface area contributed by atoms with Gasteiger partial charge < -0.3 is 10.3 Å². The molecule has 5 nitrogen and oxygen atoms in total. The summed E-state index contributed by atoms with van der Waals surface area (Å²) in [4.78, 5) is 13.5. The maximum absolute atomic E-state index is 6.06. The minimum absolute atomic E-state index is 0.467. The Morgan fingerprint density at radius 1 is 1.22 bits per heavy atom. The van der Waals surface area contributed by atoms with Crippen LogP contribution in [-0.2, 0) is 13.0 Å². The molecule has 3 aromatic rings. The van der Waals surface area contributed by atoms with Gasteiger partial charge in [0.1, 0.15) is 11.3 Å². The van der Waals surface area contributed by atoms with Crippen molar-refractivity contribution in [3.8, 4) is 0 Å². The molecule has 0 unspecified atom stereocenters. The summed E-state index contributed by atoms with van der Waals surface area (Å²) in [5.74, 6) is 1.27. The molecule has 2 N–H and O–H groups in total. The molecule has 0 fully saturated rings. The van der Waals surface area contributed by atoms with Gasteiger partial charge in [-0.15, -0.1) is 0 Å². The van der Waals surface area contributed by atoms with Crippen molar-refractivity contribution < 1.29 is 0 Å². The van der Waals surface area contributed by atoms with E-state index in [0.29, 0.717) is 17.9 Å². The number of benzene rings is 1. The number of hydrogen-bond acceptors (Lipinski definition) is 4. The van der Waals surface area contributed by atoms with Crippen LogP contribution in [0.4, 0.5) is 5.82 Å². The van der Waals surface area contributed by atoms with E-state index in [0.717, 1.165) is 28.8 Å². The van der Waals surface area contributed by atoms with Gasteiger partial charge in [0.15, 0.2) is 11.5 Å². The van der Waals surface area contributed by atoms with Crippen LogP contribution in [0.3, 0.4) is 0 Å². The van der Waals surface area contributed by atoms with Crippen molar-refractivity contribution in [1.82, 2.24) is 19.5 Å². The first-order chi connectivity index (χ1) is 11.2. The van der Waals surface area contributed by atoms with Crippen LogP contribution in [0, 0.1) is 0 Å². The molecule has 6 heteroatoms. The molecular weight excluding hydrogens is 354 g/mol. The van der Waals surface area contributed by atoms with Crippen molar-refractivity contribution in [2.75, 3.05) is 5.73 Å². The number of aryl methyl sites for hydroxylation is 1. The highest BCUT2D eigenvalue weighted by Crippen LogP contribution is 2.19. The number of nitrogens with two attached hydrogens (primary N) is 1. The smallest absolute Gasteiger partial charge is 0.166 e. The molecule has 2 heterocycles. The topological polar surface area (TPSA) is 69.6 Å². The molecule has 0 spiro atoms. The predicted molar refractivity (Wildman–Crippen MR) is 96.2 cm³/mol. The van der Waals surface area contributed by atoms with E-state index in [4.69, 9.17) is 5.73 Å². The van der Waals surface area contributed by atoms with Crippen LogP contribution >= 0.6 is 15.9 Å². The number of imidazole rings is 1. The van der Waals surface area contributed by atoms with Gasteiger partial charge in [0.25, 0.3) is 0 Å². The van der Waals surface area contributed by atoms with E-state index in [1.54, 1.807) is 6.33 Å². The van der Waals surface area contributed by atoms with Crippen molar-refractivity contribution in [3.63, 3.8) is 0 Å². The summed E-state index contributed by atoms with van der Waals surface area (Å²) in [5, 5.41) is 0. The fraction of sp³-hybridized carbons (Fsp3) is 0.353. The Balaban J connectivity index is 1.91. The molecule has 1 aromatic carbocycles. The van der Waals surface area contributed by atoms with Gasteiger partial charge in [0, 0.05) is 10.9 Å². The highest BCUT2D eigenvalue weighted by atomic mass is 79.9. The minimum Gasteiger partial charge on any atom is -0.382 e. The molecule has 0 saturated carbocycles. The predicted octanol–water partition coefficient (Wildman–Crippen LogP) is 3.95. The molecule has 0 amide bonds. The van der Waals surface area contributed by atoms with Crippen molar-refractivity contribution in [3.05, 3.63) is 46.5 Å². The van der Waals surface area contributed by atoms with Crippen molar-refractivity contribution >= 4 is 32.9 Å². The lowest BCUT2D eigenvalue weighted by atomic mass is 10.2. The Morgan fingerprint density at radius 2 is 2.09 bits per heavy atom. The number of nitrogens with zero attached hydrogens (tertiary/aromatic N) is 4. The maximum Gasteiger partial charge on any atom is 0.166 e. The summed E-state index contributed by atoms with van der Waals surface area (Å²) < 4.78 is 3.09. The number of hydrogen-bond donors (Lipinski definition) is 1. The van der Waals surface area contributed by atoms with Gasteiger partial charge >= 0.3 is 0 Å². The molecule has 0 aliphatic carbocycles. The maximum atomic E-state index is 6.06. The molecule has 3 rings (SSSR count). The first kappa shape index (κ1) is 15.9. The van der Waals surface area contributed by atoms with Gasteiger partial charge in [-0.2, -0.15) is 0 Å². The lowest BCUT2D eigenvalue weighted by molar-refractivity contribution is 0.694. The standard InChI is InChI=1S/C17H20BrN5/c1-2-3-4-8-14-21-16(19)15-17(22-14)23(11-20-15)10-12-6-5-7-13(18)9-12/h5-7,9,11H,2-4,8,10H2,1H3,(H2,19,21,22).